The molecule has 1 aliphatic carbocycles. The number of hydrogen-bond donors (Lipinski definition) is 5. The number of sulfonamides is 1. The number of amidine groups is 1. The average molecular weight is 466 g/mol. The summed E-state index contributed by atoms with van der Waals surface area (Å²) >= 11 is 0. The molecule has 1 saturated carbocycles. The lowest BCUT2D eigenvalue weighted by atomic mass is 10.1. The Morgan fingerprint density at radius 1 is 1.31 bits per heavy atom. The van der Waals surface area contributed by atoms with Gasteiger partial charge in [-0.3, -0.25) is 15.0 Å². The van der Waals surface area contributed by atoms with Crippen LogP contribution in [0.5, 0.6) is 0 Å². The predicted molar refractivity (Wildman–Crippen MR) is 119 cm³/mol. The number of aliphatic hydroxyl groups is 1. The highest BCUT2D eigenvalue weighted by Gasteiger charge is 2.57. The molecule has 1 saturated heterocycles. The average Bonchev–Trinajstić information content (AvgIpc) is 3.43. The highest BCUT2D eigenvalue weighted by atomic mass is 32.2. The fourth-order valence-electron chi connectivity index (χ4n) is 4.10. The Labute approximate surface area is 188 Å². The van der Waals surface area contributed by atoms with Gasteiger partial charge in [-0.1, -0.05) is 37.6 Å². The molecular weight excluding hydrogens is 434 g/mol. The Kier molecular flexibility index (Phi) is 7.52. The molecular formula is C21H31N5O5S. The number of unbranched alkanes of at least 4 members (excludes halogenated alkanes) is 1. The molecule has 0 radical (unpaired) electrons. The van der Waals surface area contributed by atoms with Crippen LogP contribution in [-0.2, 0) is 26.2 Å². The lowest BCUT2D eigenvalue weighted by molar-refractivity contribution is -0.141. The van der Waals surface area contributed by atoms with Crippen molar-refractivity contribution in [3.05, 3.63) is 35.4 Å². The highest BCUT2D eigenvalue weighted by molar-refractivity contribution is 7.89. The second-order valence-corrected chi connectivity index (χ2v) is 10.3. The number of aliphatic hydroxyl groups excluding tert-OH is 1. The Bertz CT molecular complexity index is 965. The molecule has 32 heavy (non-hydrogen) atoms. The number of carbonyl (C=O) groups is 2. The van der Waals surface area contributed by atoms with E-state index in [0.717, 1.165) is 12.0 Å². The van der Waals surface area contributed by atoms with Crippen LogP contribution in [0.3, 0.4) is 0 Å². The molecule has 2 fully saturated rings. The Balaban J connectivity index is 1.63. The van der Waals surface area contributed by atoms with Crippen LogP contribution in [0.2, 0.25) is 0 Å². The summed E-state index contributed by atoms with van der Waals surface area (Å²) in [5.41, 5.74) is 6.86. The molecule has 1 aromatic rings. The van der Waals surface area contributed by atoms with Gasteiger partial charge < -0.3 is 21.1 Å². The number of fused-ring (bicyclic) bond motifs is 1. The van der Waals surface area contributed by atoms with Gasteiger partial charge in [0.05, 0.1) is 12.4 Å². The molecule has 2 aliphatic rings. The van der Waals surface area contributed by atoms with Crippen molar-refractivity contribution < 1.29 is 23.1 Å². The number of nitrogen functional groups attached to an aromatic ring is 1. The van der Waals surface area contributed by atoms with Gasteiger partial charge in [-0.25, -0.2) is 13.1 Å². The SMILES string of the molecule is CCCCS(=O)(=O)N[C@H](CO)C(=O)N1CC2CC2C1C(=O)NCc1ccc(C(=N)N)cc1. The van der Waals surface area contributed by atoms with Gasteiger partial charge in [0.15, 0.2) is 0 Å². The number of carbonyl (C=O) groups excluding carboxylic acids is 2. The van der Waals surface area contributed by atoms with E-state index in [1.165, 1.54) is 4.90 Å². The van der Waals surface area contributed by atoms with Crippen molar-refractivity contribution in [3.63, 3.8) is 0 Å². The van der Waals surface area contributed by atoms with Crippen molar-refractivity contribution >= 4 is 27.7 Å². The summed E-state index contributed by atoms with van der Waals surface area (Å²) in [7, 11) is -3.71. The van der Waals surface area contributed by atoms with Gasteiger partial charge in [-0.15, -0.1) is 0 Å². The molecule has 0 spiro atoms. The minimum Gasteiger partial charge on any atom is -0.394 e. The molecule has 2 amide bonds. The van der Waals surface area contributed by atoms with Crippen molar-refractivity contribution in [1.29, 1.82) is 5.41 Å². The second-order valence-electron chi connectivity index (χ2n) is 8.45. The lowest BCUT2D eigenvalue weighted by Gasteiger charge is -2.30. The molecule has 176 valence electrons. The van der Waals surface area contributed by atoms with E-state index in [1.807, 2.05) is 6.92 Å². The van der Waals surface area contributed by atoms with Crippen LogP contribution in [0.25, 0.3) is 0 Å². The summed E-state index contributed by atoms with van der Waals surface area (Å²) in [5, 5.41) is 19.9. The van der Waals surface area contributed by atoms with Crippen LogP contribution in [0.1, 0.15) is 37.3 Å². The second kappa shape index (κ2) is 9.97. The molecule has 0 aromatic heterocycles. The number of nitrogens with zero attached hydrogens (tertiary/aromatic N) is 1. The Morgan fingerprint density at radius 2 is 2.00 bits per heavy atom. The van der Waals surface area contributed by atoms with Crippen LogP contribution in [0.15, 0.2) is 24.3 Å². The zero-order valence-electron chi connectivity index (χ0n) is 18.1. The Morgan fingerprint density at radius 3 is 2.59 bits per heavy atom. The number of amides is 2. The number of nitrogens with one attached hydrogen (secondary N) is 3. The third-order valence-corrected chi connectivity index (χ3v) is 7.47. The summed E-state index contributed by atoms with van der Waals surface area (Å²) in [6.45, 7) is 1.82. The topological polar surface area (TPSA) is 166 Å². The number of likely N-dealkylation sites (tertiary alicyclic amines) is 1. The third-order valence-electron chi connectivity index (χ3n) is 6.00. The fourth-order valence-corrected chi connectivity index (χ4v) is 5.50. The minimum absolute atomic E-state index is 0.0378. The van der Waals surface area contributed by atoms with E-state index < -0.39 is 34.6 Å². The molecule has 6 N–H and O–H groups in total. The van der Waals surface area contributed by atoms with Gasteiger partial charge in [0.1, 0.15) is 17.9 Å². The smallest absolute Gasteiger partial charge is 0.243 e. The van der Waals surface area contributed by atoms with Crippen molar-refractivity contribution in [2.75, 3.05) is 18.9 Å². The van der Waals surface area contributed by atoms with Crippen LogP contribution in [0.4, 0.5) is 0 Å². The number of piperidine rings is 1. The third kappa shape index (κ3) is 5.64. The van der Waals surface area contributed by atoms with Gasteiger partial charge in [-0.2, -0.15) is 0 Å². The summed E-state index contributed by atoms with van der Waals surface area (Å²) in [5.74, 6) is -0.764. The van der Waals surface area contributed by atoms with E-state index in [4.69, 9.17) is 11.1 Å². The van der Waals surface area contributed by atoms with Crippen LogP contribution in [0, 0.1) is 17.2 Å². The fraction of sp³-hybridized carbons (Fsp3) is 0.571. The van der Waals surface area contributed by atoms with Crippen LogP contribution < -0.4 is 15.8 Å². The van der Waals surface area contributed by atoms with Crippen molar-refractivity contribution in [2.45, 2.75) is 44.8 Å². The first-order chi connectivity index (χ1) is 15.2. The normalized spacial score (nSPS) is 22.8. The van der Waals surface area contributed by atoms with E-state index in [-0.39, 0.29) is 35.9 Å². The van der Waals surface area contributed by atoms with Crippen LogP contribution >= 0.6 is 0 Å². The zero-order chi connectivity index (χ0) is 23.5. The van der Waals surface area contributed by atoms with Crippen LogP contribution in [-0.4, -0.2) is 67.1 Å². The van der Waals surface area contributed by atoms with E-state index in [9.17, 15) is 23.1 Å². The number of nitrogens with two attached hydrogens (primary N) is 1. The van der Waals surface area contributed by atoms with E-state index in [2.05, 4.69) is 10.0 Å². The standard InChI is InChI=1S/C21H31N5O5S/c1-2-3-8-32(30,31)25-17(12-27)21(29)26-11-15-9-16(15)18(26)20(28)24-10-13-4-6-14(7-5-13)19(22)23/h4-7,15-18,25,27H,2-3,8-12H2,1H3,(H3,22,23)(H,24,28)/t15?,16?,17-,18?/m1/s1. The molecule has 3 rings (SSSR count). The van der Waals surface area contributed by atoms with E-state index in [0.29, 0.717) is 24.9 Å². The molecule has 1 aromatic carbocycles. The van der Waals surface area contributed by atoms with Gasteiger partial charge in [0.25, 0.3) is 0 Å². The quantitative estimate of drug-likeness (QED) is 0.219. The van der Waals surface area contributed by atoms with Crippen molar-refractivity contribution in [1.82, 2.24) is 14.9 Å². The lowest BCUT2D eigenvalue weighted by Crippen LogP contribution is -2.56. The molecule has 1 heterocycles. The van der Waals surface area contributed by atoms with Gasteiger partial charge in [0.2, 0.25) is 21.8 Å². The molecule has 1 aliphatic heterocycles. The maximum atomic E-state index is 13.0. The van der Waals surface area contributed by atoms with Crippen molar-refractivity contribution in [2.24, 2.45) is 17.6 Å². The number of hydrogen-bond acceptors (Lipinski definition) is 6. The summed E-state index contributed by atoms with van der Waals surface area (Å²) < 4.78 is 26.7. The molecule has 0 bridgehead atoms. The maximum absolute atomic E-state index is 13.0. The van der Waals surface area contributed by atoms with Crippen molar-refractivity contribution in [3.8, 4) is 0 Å². The van der Waals surface area contributed by atoms with E-state index >= 15 is 0 Å². The van der Waals surface area contributed by atoms with E-state index in [1.54, 1.807) is 24.3 Å². The summed E-state index contributed by atoms with van der Waals surface area (Å²) in [4.78, 5) is 27.3. The zero-order valence-corrected chi connectivity index (χ0v) is 18.9. The van der Waals surface area contributed by atoms with Gasteiger partial charge in [-0.05, 0) is 30.2 Å². The summed E-state index contributed by atoms with van der Waals surface area (Å²) in [6, 6.07) is 4.94. The number of rotatable bonds is 11. The highest BCUT2D eigenvalue weighted by Crippen LogP contribution is 2.49. The molecule has 11 heteroatoms. The molecule has 3 unspecified atom stereocenters. The number of benzene rings is 1. The largest absolute Gasteiger partial charge is 0.394 e. The minimum atomic E-state index is -3.71. The van der Waals surface area contributed by atoms with Gasteiger partial charge >= 0.3 is 0 Å². The first-order valence-corrected chi connectivity index (χ1v) is 12.4. The molecule has 10 nitrogen and oxygen atoms in total. The first kappa shape index (κ1) is 24.1. The maximum Gasteiger partial charge on any atom is 0.243 e. The molecule has 4 atom stereocenters. The monoisotopic (exact) mass is 465 g/mol. The first-order valence-electron chi connectivity index (χ1n) is 10.8. The van der Waals surface area contributed by atoms with Gasteiger partial charge in [0, 0.05) is 18.7 Å². The predicted octanol–water partition coefficient (Wildman–Crippen LogP) is -0.486. The summed E-state index contributed by atoms with van der Waals surface area (Å²) in [6.07, 6.45) is 1.99. The Hall–Kier alpha value is -2.50.